The Morgan fingerprint density at radius 3 is 2.48 bits per heavy atom. The Morgan fingerprint density at radius 1 is 1.10 bits per heavy atom. The van der Waals surface area contributed by atoms with Crippen LogP contribution in [0.2, 0.25) is 0 Å². The van der Waals surface area contributed by atoms with E-state index < -0.39 is 39.7 Å². The lowest BCUT2D eigenvalue weighted by atomic mass is 10.0. The van der Waals surface area contributed by atoms with Crippen LogP contribution in [0.15, 0.2) is 47.4 Å². The summed E-state index contributed by atoms with van der Waals surface area (Å²) in [5, 5.41) is 13.5. The Balaban J connectivity index is 1.69. The fourth-order valence-electron chi connectivity index (χ4n) is 3.01. The topological polar surface area (TPSA) is 99.7 Å². The van der Waals surface area contributed by atoms with Gasteiger partial charge in [-0.25, -0.2) is 10.3 Å². The number of hydrogen-bond acceptors (Lipinski definition) is 4. The number of carbonyl (C=O) groups is 2. The third-order valence-electron chi connectivity index (χ3n) is 4.48. The van der Waals surface area contributed by atoms with Crippen molar-refractivity contribution < 1.29 is 39.0 Å². The van der Waals surface area contributed by atoms with Gasteiger partial charge in [-0.15, -0.1) is 0 Å². The molecule has 0 bridgehead atoms. The number of urea groups is 1. The van der Waals surface area contributed by atoms with E-state index in [1.54, 1.807) is 12.1 Å². The molecule has 1 aliphatic heterocycles. The molecule has 0 spiro atoms. The molecular weight excluding hydrogens is 449 g/mol. The van der Waals surface area contributed by atoms with Gasteiger partial charge in [-0.05, 0) is 42.2 Å². The predicted octanol–water partition coefficient (Wildman–Crippen LogP) is 4.86. The zero-order valence-electron chi connectivity index (χ0n) is 15.7. The van der Waals surface area contributed by atoms with E-state index in [0.717, 1.165) is 6.07 Å². The largest absolute Gasteiger partial charge is 0.478 e. The lowest BCUT2D eigenvalue weighted by molar-refractivity contribution is -0.137. The molecule has 3 amide bonds. The van der Waals surface area contributed by atoms with E-state index in [0.29, 0.717) is 18.4 Å². The van der Waals surface area contributed by atoms with Crippen LogP contribution in [0.4, 0.5) is 29.9 Å². The number of hydrogen-bond donors (Lipinski definition) is 4. The number of amides is 3. The minimum atomic E-state index is -9.82. The molecule has 1 atom stereocenters. The SMILES string of the molecule is O=C(NCc1cccc(S(F)(F)(F)(F)F)c1)Nc1cccc2c1OC(C(=O)NO)CC2. The minimum Gasteiger partial charge on any atom is -0.478 e. The highest BCUT2D eigenvalue weighted by Crippen LogP contribution is 3.02. The second-order valence-corrected chi connectivity index (χ2v) is 9.25. The fourth-order valence-corrected chi connectivity index (χ4v) is 3.72. The van der Waals surface area contributed by atoms with Gasteiger partial charge in [0.25, 0.3) is 5.91 Å². The van der Waals surface area contributed by atoms with Crippen molar-refractivity contribution >= 4 is 27.8 Å². The Hall–Kier alpha value is -3.06. The van der Waals surface area contributed by atoms with Crippen LogP contribution in [0, 0.1) is 0 Å². The van der Waals surface area contributed by atoms with Crippen molar-refractivity contribution in [2.45, 2.75) is 30.4 Å². The van der Waals surface area contributed by atoms with Gasteiger partial charge in [0.05, 0.1) is 5.69 Å². The molecule has 0 radical (unpaired) electrons. The average Bonchev–Trinajstić information content (AvgIpc) is 2.70. The Bertz CT molecular complexity index is 1030. The molecule has 1 unspecified atom stereocenters. The van der Waals surface area contributed by atoms with E-state index in [4.69, 9.17) is 9.94 Å². The number of fused-ring (bicyclic) bond motifs is 1. The summed E-state index contributed by atoms with van der Waals surface area (Å²) in [6, 6.07) is 6.55. The van der Waals surface area contributed by atoms with Crippen LogP contribution < -0.4 is 20.9 Å². The highest BCUT2D eigenvalue weighted by atomic mass is 32.5. The number of rotatable bonds is 5. The molecule has 4 N–H and O–H groups in total. The standard InChI is InChI=1S/C18H18F5N3O4S/c19-31(20,21,22,23)13-5-1-3-11(9-13)10-24-18(28)25-14-6-2-4-12-7-8-15(17(27)26-29)30-16(12)14/h1-6,9,15,29H,7-8,10H2,(H,26,27)(H2,24,25,28). The molecule has 0 fully saturated rings. The summed E-state index contributed by atoms with van der Waals surface area (Å²) < 4.78 is 70.2. The van der Waals surface area contributed by atoms with Gasteiger partial charge < -0.3 is 15.4 Å². The zero-order chi connectivity index (χ0) is 22.9. The summed E-state index contributed by atoms with van der Waals surface area (Å²) in [6.07, 6.45) is -0.235. The summed E-state index contributed by atoms with van der Waals surface area (Å²) >= 11 is 0. The Kier molecular flexibility index (Phi) is 5.30. The van der Waals surface area contributed by atoms with Gasteiger partial charge in [-0.1, -0.05) is 43.7 Å². The molecule has 170 valence electrons. The predicted molar refractivity (Wildman–Crippen MR) is 103 cm³/mol. The van der Waals surface area contributed by atoms with Gasteiger partial charge in [0.2, 0.25) is 0 Å². The number of carbonyl (C=O) groups excluding carboxylic acids is 2. The van der Waals surface area contributed by atoms with Crippen molar-refractivity contribution in [3.8, 4) is 5.75 Å². The molecule has 13 heteroatoms. The Morgan fingerprint density at radius 2 is 1.81 bits per heavy atom. The fraction of sp³-hybridized carbons (Fsp3) is 0.222. The number of anilines is 1. The number of aryl methyl sites for hydroxylation is 1. The first kappa shape index (κ1) is 22.6. The summed E-state index contributed by atoms with van der Waals surface area (Å²) in [5.74, 6) is -0.547. The van der Waals surface area contributed by atoms with Gasteiger partial charge in [-0.3, -0.25) is 10.0 Å². The van der Waals surface area contributed by atoms with Crippen molar-refractivity contribution in [1.29, 1.82) is 0 Å². The van der Waals surface area contributed by atoms with Gasteiger partial charge in [0, 0.05) is 6.54 Å². The van der Waals surface area contributed by atoms with Gasteiger partial charge in [0.15, 0.2) is 6.10 Å². The summed E-state index contributed by atoms with van der Waals surface area (Å²) in [7, 11) is -9.82. The maximum absolute atomic E-state index is 12.9. The lowest BCUT2D eigenvalue weighted by Gasteiger charge is -2.40. The monoisotopic (exact) mass is 467 g/mol. The highest BCUT2D eigenvalue weighted by Gasteiger charge is 2.65. The van der Waals surface area contributed by atoms with Crippen LogP contribution in [-0.4, -0.2) is 23.2 Å². The van der Waals surface area contributed by atoms with Crippen LogP contribution in [0.5, 0.6) is 5.75 Å². The number of ether oxygens (including phenoxy) is 1. The number of benzene rings is 2. The second kappa shape index (κ2) is 7.27. The van der Waals surface area contributed by atoms with E-state index >= 15 is 0 Å². The third-order valence-corrected chi connectivity index (χ3v) is 5.63. The van der Waals surface area contributed by atoms with Gasteiger partial charge in [0.1, 0.15) is 10.6 Å². The number of nitrogens with one attached hydrogen (secondary N) is 3. The molecule has 3 rings (SSSR count). The van der Waals surface area contributed by atoms with Gasteiger partial charge >= 0.3 is 16.3 Å². The van der Waals surface area contributed by atoms with Crippen molar-refractivity contribution in [2.24, 2.45) is 0 Å². The summed E-state index contributed by atoms with van der Waals surface area (Å²) in [6.45, 7) is -0.445. The highest BCUT2D eigenvalue weighted by molar-refractivity contribution is 8.45. The second-order valence-electron chi connectivity index (χ2n) is 6.84. The maximum Gasteiger partial charge on any atom is 0.319 e. The van der Waals surface area contributed by atoms with E-state index in [1.165, 1.54) is 17.6 Å². The van der Waals surface area contributed by atoms with Gasteiger partial charge in [-0.2, -0.15) is 0 Å². The lowest BCUT2D eigenvalue weighted by Crippen LogP contribution is -2.39. The normalized spacial score (nSPS) is 17.9. The van der Waals surface area contributed by atoms with Crippen LogP contribution >= 0.6 is 10.2 Å². The number of para-hydroxylation sites is 1. The van der Waals surface area contributed by atoms with Crippen LogP contribution in [0.25, 0.3) is 0 Å². The average molecular weight is 467 g/mol. The molecule has 2 aromatic carbocycles. The van der Waals surface area contributed by atoms with E-state index in [9.17, 15) is 29.0 Å². The van der Waals surface area contributed by atoms with E-state index in [-0.39, 0.29) is 29.1 Å². The minimum absolute atomic E-state index is 0.174. The molecule has 1 heterocycles. The number of halogens is 5. The molecule has 2 aromatic rings. The van der Waals surface area contributed by atoms with Crippen LogP contribution in [0.3, 0.4) is 0 Å². The maximum atomic E-state index is 12.9. The first-order valence-electron chi connectivity index (χ1n) is 8.87. The van der Waals surface area contributed by atoms with E-state index in [1.807, 2.05) is 0 Å². The molecule has 0 aliphatic carbocycles. The number of hydroxylamine groups is 1. The summed E-state index contributed by atoms with van der Waals surface area (Å²) in [4.78, 5) is 21.7. The molecule has 31 heavy (non-hydrogen) atoms. The van der Waals surface area contributed by atoms with Crippen LogP contribution in [-0.2, 0) is 17.8 Å². The zero-order valence-corrected chi connectivity index (χ0v) is 16.5. The van der Waals surface area contributed by atoms with Crippen molar-refractivity contribution in [1.82, 2.24) is 10.8 Å². The molecular formula is C18H18F5N3O4S. The third kappa shape index (κ3) is 5.55. The molecule has 0 saturated heterocycles. The molecule has 0 aromatic heterocycles. The van der Waals surface area contributed by atoms with E-state index in [2.05, 4.69) is 10.6 Å². The first-order valence-corrected chi connectivity index (χ1v) is 10.8. The quantitative estimate of drug-likeness (QED) is 0.287. The van der Waals surface area contributed by atoms with Crippen molar-refractivity contribution in [2.75, 3.05) is 5.32 Å². The van der Waals surface area contributed by atoms with Crippen LogP contribution in [0.1, 0.15) is 17.5 Å². The molecule has 1 aliphatic rings. The first-order chi connectivity index (χ1) is 14.3. The summed E-state index contributed by atoms with van der Waals surface area (Å²) in [5.41, 5.74) is 2.20. The molecule has 7 nitrogen and oxygen atoms in total. The smallest absolute Gasteiger partial charge is 0.319 e. The Labute approximate surface area is 173 Å². The molecule has 0 saturated carbocycles. The van der Waals surface area contributed by atoms with Crippen molar-refractivity contribution in [3.05, 3.63) is 53.6 Å². The van der Waals surface area contributed by atoms with Crippen molar-refractivity contribution in [3.63, 3.8) is 0 Å².